The topological polar surface area (TPSA) is 94.4 Å². The Bertz CT molecular complexity index is 911. The van der Waals surface area contributed by atoms with Crippen molar-refractivity contribution in [3.05, 3.63) is 53.6 Å². The normalized spacial score (nSPS) is 12.0. The minimum absolute atomic E-state index is 0.291. The summed E-state index contributed by atoms with van der Waals surface area (Å²) >= 11 is 0. The SMILES string of the molecule is CCO[C@@H](Cc1ccc(OCCc2ccc(OC(C)(C)C)cc2N=C=O)cc1)C(=O)O. The van der Waals surface area contributed by atoms with E-state index in [1.165, 1.54) is 0 Å². The van der Waals surface area contributed by atoms with Crippen LogP contribution in [-0.4, -0.2) is 42.1 Å². The Hall–Kier alpha value is -3.15. The molecule has 0 heterocycles. The predicted octanol–water partition coefficient (Wildman–Crippen LogP) is 4.48. The Balaban J connectivity index is 1.96. The zero-order valence-electron chi connectivity index (χ0n) is 18.4. The maximum Gasteiger partial charge on any atom is 0.333 e. The van der Waals surface area contributed by atoms with Crippen molar-refractivity contribution in [2.45, 2.75) is 52.2 Å². The molecule has 1 atom stereocenters. The summed E-state index contributed by atoms with van der Waals surface area (Å²) in [5.41, 5.74) is 1.85. The second-order valence-electron chi connectivity index (χ2n) is 7.94. The smallest absolute Gasteiger partial charge is 0.333 e. The first-order valence-corrected chi connectivity index (χ1v) is 10.2. The molecule has 0 aliphatic heterocycles. The lowest BCUT2D eigenvalue weighted by Gasteiger charge is -2.21. The number of aliphatic imine (C=N–C) groups is 1. The van der Waals surface area contributed by atoms with Gasteiger partial charge in [0, 0.05) is 25.5 Å². The number of isocyanates is 1. The average molecular weight is 427 g/mol. The lowest BCUT2D eigenvalue weighted by molar-refractivity contribution is -0.149. The molecule has 0 fully saturated rings. The first-order chi connectivity index (χ1) is 14.7. The van der Waals surface area contributed by atoms with Crippen LogP contribution in [0, 0.1) is 0 Å². The van der Waals surface area contributed by atoms with Gasteiger partial charge < -0.3 is 19.3 Å². The van der Waals surface area contributed by atoms with Crippen LogP contribution in [0.1, 0.15) is 38.8 Å². The van der Waals surface area contributed by atoms with Crippen molar-refractivity contribution in [2.75, 3.05) is 13.2 Å². The van der Waals surface area contributed by atoms with E-state index in [1.807, 2.05) is 45.0 Å². The van der Waals surface area contributed by atoms with E-state index in [-0.39, 0.29) is 5.60 Å². The predicted molar refractivity (Wildman–Crippen MR) is 117 cm³/mol. The Morgan fingerprint density at radius 1 is 1.13 bits per heavy atom. The van der Waals surface area contributed by atoms with E-state index in [0.29, 0.717) is 43.2 Å². The molecule has 0 spiro atoms. The molecular formula is C24H29NO6. The number of nitrogens with zero attached hydrogens (tertiary/aromatic N) is 1. The molecule has 2 aromatic carbocycles. The molecule has 2 rings (SSSR count). The van der Waals surface area contributed by atoms with Crippen molar-refractivity contribution in [1.82, 2.24) is 0 Å². The van der Waals surface area contributed by atoms with Crippen molar-refractivity contribution in [3.63, 3.8) is 0 Å². The van der Waals surface area contributed by atoms with Gasteiger partial charge in [0.2, 0.25) is 6.08 Å². The maximum absolute atomic E-state index is 11.2. The van der Waals surface area contributed by atoms with Crippen LogP contribution in [0.4, 0.5) is 5.69 Å². The Kier molecular flexibility index (Phi) is 8.79. The summed E-state index contributed by atoms with van der Waals surface area (Å²) in [4.78, 5) is 25.8. The highest BCUT2D eigenvalue weighted by atomic mass is 16.5. The third-order valence-corrected chi connectivity index (χ3v) is 4.27. The van der Waals surface area contributed by atoms with E-state index in [1.54, 1.807) is 31.2 Å². The number of ether oxygens (including phenoxy) is 3. The molecule has 0 bridgehead atoms. The number of hydrogen-bond donors (Lipinski definition) is 1. The number of hydrogen-bond acceptors (Lipinski definition) is 6. The quantitative estimate of drug-likeness (QED) is 0.420. The summed E-state index contributed by atoms with van der Waals surface area (Å²) in [5.74, 6) is 0.323. The number of benzene rings is 2. The van der Waals surface area contributed by atoms with Crippen LogP contribution in [0.15, 0.2) is 47.5 Å². The summed E-state index contributed by atoms with van der Waals surface area (Å²) in [6, 6.07) is 12.7. The number of aliphatic carboxylic acids is 1. The molecule has 0 aliphatic carbocycles. The zero-order valence-corrected chi connectivity index (χ0v) is 18.4. The highest BCUT2D eigenvalue weighted by Gasteiger charge is 2.18. The van der Waals surface area contributed by atoms with Crippen LogP contribution >= 0.6 is 0 Å². The van der Waals surface area contributed by atoms with Gasteiger partial charge >= 0.3 is 5.97 Å². The number of carbonyl (C=O) groups is 1. The largest absolute Gasteiger partial charge is 0.493 e. The van der Waals surface area contributed by atoms with Crippen LogP contribution in [0.2, 0.25) is 0 Å². The lowest BCUT2D eigenvalue weighted by atomic mass is 10.1. The van der Waals surface area contributed by atoms with E-state index in [0.717, 1.165) is 11.1 Å². The maximum atomic E-state index is 11.2. The molecule has 0 amide bonds. The Labute approximate surface area is 182 Å². The number of rotatable bonds is 11. The molecule has 0 unspecified atom stereocenters. The van der Waals surface area contributed by atoms with Crippen LogP contribution in [0.25, 0.3) is 0 Å². The number of carbonyl (C=O) groups excluding carboxylic acids is 1. The summed E-state index contributed by atoms with van der Waals surface area (Å²) in [6.07, 6.45) is 1.56. The van der Waals surface area contributed by atoms with Gasteiger partial charge in [-0.3, -0.25) is 0 Å². The van der Waals surface area contributed by atoms with Crippen LogP contribution in [0.5, 0.6) is 11.5 Å². The fraction of sp³-hybridized carbons (Fsp3) is 0.417. The second kappa shape index (κ2) is 11.3. The van der Waals surface area contributed by atoms with Crippen LogP contribution < -0.4 is 9.47 Å². The molecule has 7 heteroatoms. The van der Waals surface area contributed by atoms with Crippen LogP contribution in [0.3, 0.4) is 0 Å². The molecule has 0 radical (unpaired) electrons. The molecular weight excluding hydrogens is 398 g/mol. The van der Waals surface area contributed by atoms with E-state index < -0.39 is 12.1 Å². The summed E-state index contributed by atoms with van der Waals surface area (Å²) in [7, 11) is 0. The van der Waals surface area contributed by atoms with Crippen molar-refractivity contribution >= 4 is 17.7 Å². The molecule has 0 saturated carbocycles. The molecule has 2 aromatic rings. The molecule has 166 valence electrons. The van der Waals surface area contributed by atoms with Crippen molar-refractivity contribution < 1.29 is 28.9 Å². The number of carboxylic acid groups (broad SMARTS) is 1. The molecule has 0 aromatic heterocycles. The first kappa shape index (κ1) is 24.1. The van der Waals surface area contributed by atoms with Gasteiger partial charge in [-0.2, -0.15) is 4.99 Å². The standard InChI is InChI=1S/C24H29NO6/c1-5-29-22(23(27)28)14-17-6-9-19(10-7-17)30-13-12-18-8-11-20(31-24(2,3)4)15-21(18)25-16-26/h6-11,15,22H,5,12-14H2,1-4H3,(H,27,28)/t22-/m0/s1. The molecule has 1 N–H and O–H groups in total. The van der Waals surface area contributed by atoms with Gasteiger partial charge in [0.1, 0.15) is 17.1 Å². The Morgan fingerprint density at radius 3 is 2.39 bits per heavy atom. The lowest BCUT2D eigenvalue weighted by Crippen LogP contribution is -2.26. The molecule has 0 saturated heterocycles. The van der Waals surface area contributed by atoms with Gasteiger partial charge in [-0.25, -0.2) is 9.59 Å². The third-order valence-electron chi connectivity index (χ3n) is 4.27. The van der Waals surface area contributed by atoms with Gasteiger partial charge in [-0.1, -0.05) is 18.2 Å². The zero-order chi connectivity index (χ0) is 22.9. The highest BCUT2D eigenvalue weighted by molar-refractivity contribution is 5.72. The van der Waals surface area contributed by atoms with Crippen molar-refractivity contribution in [1.29, 1.82) is 0 Å². The molecule has 0 aliphatic rings. The van der Waals surface area contributed by atoms with Crippen molar-refractivity contribution in [3.8, 4) is 11.5 Å². The van der Waals surface area contributed by atoms with Gasteiger partial charge in [0.05, 0.1) is 12.3 Å². The highest BCUT2D eigenvalue weighted by Crippen LogP contribution is 2.28. The minimum Gasteiger partial charge on any atom is -0.493 e. The van der Waals surface area contributed by atoms with E-state index in [9.17, 15) is 14.7 Å². The average Bonchev–Trinajstić information content (AvgIpc) is 2.69. The number of carboxylic acids is 1. The van der Waals surface area contributed by atoms with Crippen LogP contribution in [-0.2, 0) is 27.2 Å². The summed E-state index contributed by atoms with van der Waals surface area (Å²) in [5, 5.41) is 9.19. The molecule has 31 heavy (non-hydrogen) atoms. The van der Waals surface area contributed by atoms with Crippen molar-refractivity contribution in [2.24, 2.45) is 4.99 Å². The van der Waals surface area contributed by atoms with Gasteiger partial charge in [0.25, 0.3) is 0 Å². The van der Waals surface area contributed by atoms with Gasteiger partial charge in [-0.05, 0) is 57.0 Å². The minimum atomic E-state index is -0.977. The van der Waals surface area contributed by atoms with Gasteiger partial charge in [-0.15, -0.1) is 0 Å². The van der Waals surface area contributed by atoms with Gasteiger partial charge in [0.15, 0.2) is 6.10 Å². The fourth-order valence-corrected chi connectivity index (χ4v) is 2.96. The van der Waals surface area contributed by atoms with E-state index >= 15 is 0 Å². The fourth-order valence-electron chi connectivity index (χ4n) is 2.96. The third kappa shape index (κ3) is 8.24. The summed E-state index contributed by atoms with van der Waals surface area (Å²) in [6.45, 7) is 8.34. The monoisotopic (exact) mass is 427 g/mol. The first-order valence-electron chi connectivity index (χ1n) is 10.2. The van der Waals surface area contributed by atoms with E-state index in [4.69, 9.17) is 14.2 Å². The molecule has 7 nitrogen and oxygen atoms in total. The summed E-state index contributed by atoms with van der Waals surface area (Å²) < 4.78 is 16.9. The Morgan fingerprint density at radius 2 is 1.81 bits per heavy atom. The van der Waals surface area contributed by atoms with E-state index in [2.05, 4.69) is 4.99 Å². The second-order valence-corrected chi connectivity index (χ2v) is 7.94.